The first-order chi connectivity index (χ1) is 14.3. The summed E-state index contributed by atoms with van der Waals surface area (Å²) in [5.41, 5.74) is 8.63. The molecule has 0 aromatic heterocycles. The van der Waals surface area contributed by atoms with Crippen LogP contribution in [-0.4, -0.2) is 56.7 Å². The first-order valence-corrected chi connectivity index (χ1v) is 10.6. The number of benzene rings is 2. The first-order valence-electron chi connectivity index (χ1n) is 10.6. The van der Waals surface area contributed by atoms with E-state index >= 15 is 0 Å². The van der Waals surface area contributed by atoms with Gasteiger partial charge in [-0.05, 0) is 24.6 Å². The Hall–Kier alpha value is -2.73. The van der Waals surface area contributed by atoms with E-state index < -0.39 is 0 Å². The molecule has 0 spiro atoms. The Balaban J connectivity index is 1.18. The summed E-state index contributed by atoms with van der Waals surface area (Å²) in [5.74, 6) is 1.47. The minimum absolute atomic E-state index is 0.176. The molecule has 0 saturated carbocycles. The third-order valence-corrected chi connectivity index (χ3v) is 5.69. The number of hydrogen-bond acceptors (Lipinski definition) is 4. The molecule has 0 aliphatic carbocycles. The van der Waals surface area contributed by atoms with E-state index in [1.807, 2.05) is 18.2 Å². The number of anilines is 1. The first kappa shape index (κ1) is 19.6. The van der Waals surface area contributed by atoms with Gasteiger partial charge >= 0.3 is 0 Å². The second-order valence-electron chi connectivity index (χ2n) is 7.66. The Labute approximate surface area is 173 Å². The molecular weight excluding hydrogens is 362 g/mol. The lowest BCUT2D eigenvalue weighted by molar-refractivity contribution is 0.256. The van der Waals surface area contributed by atoms with Crippen LogP contribution in [0.2, 0.25) is 0 Å². The summed E-state index contributed by atoms with van der Waals surface area (Å²) in [5, 5.41) is 3.36. The zero-order chi connectivity index (χ0) is 19.9. The molecule has 2 aliphatic heterocycles. The number of rotatable bonds is 6. The zero-order valence-electron chi connectivity index (χ0n) is 17.0. The van der Waals surface area contributed by atoms with Gasteiger partial charge in [0.15, 0.2) is 5.96 Å². The highest BCUT2D eigenvalue weighted by Crippen LogP contribution is 2.31. The average molecular weight is 394 g/mol. The van der Waals surface area contributed by atoms with Gasteiger partial charge in [-0.2, -0.15) is 0 Å². The number of ether oxygens (including phenoxy) is 1. The fourth-order valence-corrected chi connectivity index (χ4v) is 4.08. The van der Waals surface area contributed by atoms with Crippen molar-refractivity contribution < 1.29 is 4.74 Å². The highest BCUT2D eigenvalue weighted by molar-refractivity contribution is 5.78. The van der Waals surface area contributed by atoms with Crippen LogP contribution >= 0.6 is 0 Å². The van der Waals surface area contributed by atoms with Crippen molar-refractivity contribution in [2.45, 2.75) is 18.9 Å². The third kappa shape index (κ3) is 5.21. The molecule has 2 aliphatic rings. The molecule has 6 heteroatoms. The van der Waals surface area contributed by atoms with E-state index in [0.29, 0.717) is 12.6 Å². The monoisotopic (exact) mass is 393 g/mol. The van der Waals surface area contributed by atoms with Crippen molar-refractivity contribution in [2.75, 3.05) is 50.8 Å². The Bertz CT molecular complexity index is 802. The summed E-state index contributed by atoms with van der Waals surface area (Å²) in [4.78, 5) is 9.53. The van der Waals surface area contributed by atoms with E-state index in [2.05, 4.69) is 56.5 Å². The van der Waals surface area contributed by atoms with Crippen molar-refractivity contribution in [3.05, 3.63) is 60.2 Å². The van der Waals surface area contributed by atoms with Gasteiger partial charge in [0.2, 0.25) is 0 Å². The quantitative estimate of drug-likeness (QED) is 0.449. The lowest BCUT2D eigenvalue weighted by Crippen LogP contribution is -2.46. The standard InChI is InChI=1S/C23H31N5O/c24-23(26-21-11-18-29-22-10-5-4-9-20(21)22)25-12-6-13-27-14-16-28(17-15-27)19-7-2-1-3-8-19/h1-5,7-10,21H,6,11-18H2,(H3,24,25,26). The smallest absolute Gasteiger partial charge is 0.189 e. The number of aliphatic imine (C=N–C) groups is 1. The SMILES string of the molecule is NC(=NCCCN1CCN(c2ccccc2)CC1)NC1CCOc2ccccc21. The van der Waals surface area contributed by atoms with Crippen molar-refractivity contribution in [3.63, 3.8) is 0 Å². The predicted molar refractivity (Wildman–Crippen MR) is 119 cm³/mol. The van der Waals surface area contributed by atoms with Gasteiger partial charge in [-0.15, -0.1) is 0 Å². The van der Waals surface area contributed by atoms with E-state index in [1.165, 1.54) is 5.69 Å². The van der Waals surface area contributed by atoms with Crippen LogP contribution in [0.25, 0.3) is 0 Å². The Morgan fingerprint density at radius 2 is 1.79 bits per heavy atom. The minimum Gasteiger partial charge on any atom is -0.493 e. The predicted octanol–water partition coefficient (Wildman–Crippen LogP) is 2.63. The topological polar surface area (TPSA) is 66.1 Å². The molecule has 1 saturated heterocycles. The van der Waals surface area contributed by atoms with Crippen LogP contribution in [-0.2, 0) is 0 Å². The van der Waals surface area contributed by atoms with Gasteiger partial charge in [-0.25, -0.2) is 0 Å². The molecule has 154 valence electrons. The third-order valence-electron chi connectivity index (χ3n) is 5.69. The number of hydrogen-bond donors (Lipinski definition) is 2. The largest absolute Gasteiger partial charge is 0.493 e. The number of nitrogens with one attached hydrogen (secondary N) is 1. The summed E-state index contributed by atoms with van der Waals surface area (Å²) in [6, 6.07) is 19.0. The molecule has 1 atom stereocenters. The molecule has 6 nitrogen and oxygen atoms in total. The van der Waals surface area contributed by atoms with Gasteiger partial charge in [0, 0.05) is 56.9 Å². The summed E-state index contributed by atoms with van der Waals surface area (Å²) in [7, 11) is 0. The molecule has 0 bridgehead atoms. The van der Waals surface area contributed by atoms with Crippen LogP contribution in [0.5, 0.6) is 5.75 Å². The molecule has 0 radical (unpaired) electrons. The fourth-order valence-electron chi connectivity index (χ4n) is 4.08. The lowest BCUT2D eigenvalue weighted by Gasteiger charge is -2.36. The maximum Gasteiger partial charge on any atom is 0.189 e. The summed E-state index contributed by atoms with van der Waals surface area (Å²) in [6.45, 7) is 6.90. The van der Waals surface area contributed by atoms with Gasteiger partial charge < -0.3 is 20.7 Å². The van der Waals surface area contributed by atoms with Crippen molar-refractivity contribution in [3.8, 4) is 5.75 Å². The van der Waals surface area contributed by atoms with Gasteiger partial charge in [0.1, 0.15) is 5.75 Å². The molecule has 3 N–H and O–H groups in total. The van der Waals surface area contributed by atoms with E-state index in [0.717, 1.165) is 63.4 Å². The van der Waals surface area contributed by atoms with Crippen LogP contribution in [0, 0.1) is 0 Å². The van der Waals surface area contributed by atoms with Crippen LogP contribution in [0.4, 0.5) is 5.69 Å². The molecule has 4 rings (SSSR count). The van der Waals surface area contributed by atoms with E-state index in [-0.39, 0.29) is 6.04 Å². The van der Waals surface area contributed by atoms with Gasteiger partial charge in [-0.1, -0.05) is 36.4 Å². The highest BCUT2D eigenvalue weighted by Gasteiger charge is 2.21. The molecular formula is C23H31N5O. The molecule has 2 aromatic carbocycles. The van der Waals surface area contributed by atoms with Crippen molar-refractivity contribution >= 4 is 11.6 Å². The summed E-state index contributed by atoms with van der Waals surface area (Å²) >= 11 is 0. The molecule has 1 unspecified atom stereocenters. The number of piperazine rings is 1. The summed E-state index contributed by atoms with van der Waals surface area (Å²) < 4.78 is 5.71. The average Bonchev–Trinajstić information content (AvgIpc) is 2.78. The zero-order valence-corrected chi connectivity index (χ0v) is 17.0. The second-order valence-corrected chi connectivity index (χ2v) is 7.66. The molecule has 2 aromatic rings. The molecule has 2 heterocycles. The number of nitrogens with zero attached hydrogens (tertiary/aromatic N) is 3. The second kappa shape index (κ2) is 9.65. The molecule has 29 heavy (non-hydrogen) atoms. The number of fused-ring (bicyclic) bond motifs is 1. The van der Waals surface area contributed by atoms with E-state index in [9.17, 15) is 0 Å². The van der Waals surface area contributed by atoms with Gasteiger partial charge in [0.25, 0.3) is 0 Å². The fraction of sp³-hybridized carbons (Fsp3) is 0.435. The van der Waals surface area contributed by atoms with Crippen LogP contribution in [0.1, 0.15) is 24.4 Å². The van der Waals surface area contributed by atoms with Gasteiger partial charge in [0.05, 0.1) is 12.6 Å². The van der Waals surface area contributed by atoms with Crippen molar-refractivity contribution in [1.82, 2.24) is 10.2 Å². The number of para-hydroxylation sites is 2. The highest BCUT2D eigenvalue weighted by atomic mass is 16.5. The maximum absolute atomic E-state index is 6.14. The number of nitrogens with two attached hydrogens (primary N) is 1. The Morgan fingerprint density at radius 3 is 2.62 bits per heavy atom. The molecule has 1 fully saturated rings. The normalized spacial score (nSPS) is 20.1. The van der Waals surface area contributed by atoms with Crippen LogP contribution in [0.3, 0.4) is 0 Å². The lowest BCUT2D eigenvalue weighted by atomic mass is 10.0. The summed E-state index contributed by atoms with van der Waals surface area (Å²) in [6.07, 6.45) is 1.93. The van der Waals surface area contributed by atoms with Crippen LogP contribution < -0.4 is 20.7 Å². The Morgan fingerprint density at radius 1 is 1.03 bits per heavy atom. The van der Waals surface area contributed by atoms with Gasteiger partial charge in [-0.3, -0.25) is 9.89 Å². The maximum atomic E-state index is 6.14. The minimum atomic E-state index is 0.176. The number of guanidine groups is 1. The van der Waals surface area contributed by atoms with E-state index in [1.54, 1.807) is 0 Å². The van der Waals surface area contributed by atoms with Crippen molar-refractivity contribution in [2.24, 2.45) is 10.7 Å². The molecule has 0 amide bonds. The van der Waals surface area contributed by atoms with E-state index in [4.69, 9.17) is 10.5 Å². The van der Waals surface area contributed by atoms with Crippen molar-refractivity contribution in [1.29, 1.82) is 0 Å². The Kier molecular flexibility index (Phi) is 6.52. The van der Waals surface area contributed by atoms with Crippen LogP contribution in [0.15, 0.2) is 59.6 Å².